The highest BCUT2D eigenvalue weighted by Crippen LogP contribution is 2.39. The van der Waals surface area contributed by atoms with Crippen molar-refractivity contribution in [3.63, 3.8) is 0 Å². The lowest BCUT2D eigenvalue weighted by Gasteiger charge is -2.13. The van der Waals surface area contributed by atoms with Crippen molar-refractivity contribution in [2.45, 2.75) is 0 Å². The summed E-state index contributed by atoms with van der Waals surface area (Å²) in [5, 5.41) is 14.4. The monoisotopic (exact) mass is 478 g/mol. The third kappa shape index (κ3) is 5.67. The molecule has 3 aromatic rings. The summed E-state index contributed by atoms with van der Waals surface area (Å²) in [6.45, 7) is 0. The Hall–Kier alpha value is -3.26. The van der Waals surface area contributed by atoms with Crippen molar-refractivity contribution in [3.05, 3.63) is 86.9 Å². The number of anilines is 1. The van der Waals surface area contributed by atoms with Gasteiger partial charge in [0, 0.05) is 10.7 Å². The summed E-state index contributed by atoms with van der Waals surface area (Å²) in [5.74, 6) is -1.55. The number of hydrogen-bond donors (Lipinski definition) is 3. The number of carboxylic acid groups (broad SMARTS) is 1. The molecule has 31 heavy (non-hydrogen) atoms. The maximum Gasteiger partial charge on any atom is 0.336 e. The van der Waals surface area contributed by atoms with Gasteiger partial charge in [0.25, 0.3) is 5.91 Å². The molecule has 0 aliphatic heterocycles. The first kappa shape index (κ1) is 22.4. The van der Waals surface area contributed by atoms with Gasteiger partial charge in [-0.15, -0.1) is 0 Å². The van der Waals surface area contributed by atoms with Crippen LogP contribution >= 0.6 is 34.8 Å². The van der Waals surface area contributed by atoms with Crippen LogP contribution in [-0.2, 0) is 0 Å². The maximum absolute atomic E-state index is 12.3. The first-order chi connectivity index (χ1) is 14.7. The van der Waals surface area contributed by atoms with Crippen LogP contribution < -0.4 is 15.4 Å². The summed E-state index contributed by atoms with van der Waals surface area (Å²) in [7, 11) is 0. The number of benzene rings is 3. The summed E-state index contributed by atoms with van der Waals surface area (Å²) in [6, 6.07) is 13.9. The normalized spacial score (nSPS) is 10.3. The van der Waals surface area contributed by atoms with Gasteiger partial charge in [-0.3, -0.25) is 10.1 Å². The predicted octanol–water partition coefficient (Wildman–Crippen LogP) is 6.10. The fourth-order valence-electron chi connectivity index (χ4n) is 2.55. The van der Waals surface area contributed by atoms with Crippen LogP contribution in [0.2, 0.25) is 15.1 Å². The predicted molar refractivity (Wildman–Crippen MR) is 118 cm³/mol. The van der Waals surface area contributed by atoms with Crippen molar-refractivity contribution in [2.75, 3.05) is 5.32 Å². The molecule has 0 saturated carbocycles. The lowest BCUT2D eigenvalue weighted by atomic mass is 10.1. The number of aromatic carboxylic acids is 1. The molecule has 0 heterocycles. The first-order valence-corrected chi connectivity index (χ1v) is 9.75. The number of urea groups is 1. The van der Waals surface area contributed by atoms with E-state index in [9.17, 15) is 14.4 Å². The highest BCUT2D eigenvalue weighted by molar-refractivity contribution is 6.37. The number of rotatable bonds is 5. The molecular formula is C21H13Cl3N2O5. The molecule has 7 nitrogen and oxygen atoms in total. The van der Waals surface area contributed by atoms with Crippen molar-refractivity contribution >= 4 is 58.4 Å². The highest BCUT2D eigenvalue weighted by atomic mass is 35.5. The standard InChI is InChI=1S/C21H13Cl3N2O5/c22-11-5-7-13(8-6-11)31-18-16(23)9-12(10-17(18)24)25-21(30)26-19(27)14-3-1-2-4-15(14)20(28)29/h1-10H,(H,28,29)(H2,25,26,27,30). The van der Waals surface area contributed by atoms with Crippen LogP contribution in [0.5, 0.6) is 11.5 Å². The van der Waals surface area contributed by atoms with Crippen LogP contribution in [0.25, 0.3) is 0 Å². The van der Waals surface area contributed by atoms with Crippen molar-refractivity contribution in [3.8, 4) is 11.5 Å². The largest absolute Gasteiger partial charge is 0.478 e. The number of carbonyl (C=O) groups is 3. The topological polar surface area (TPSA) is 105 Å². The molecule has 10 heteroatoms. The SMILES string of the molecule is O=C(NC(=O)c1ccccc1C(=O)O)Nc1cc(Cl)c(Oc2ccc(Cl)cc2)c(Cl)c1. The van der Waals surface area contributed by atoms with Gasteiger partial charge in [-0.05, 0) is 48.5 Å². The van der Waals surface area contributed by atoms with Crippen molar-refractivity contribution in [1.82, 2.24) is 5.32 Å². The van der Waals surface area contributed by atoms with E-state index in [4.69, 9.17) is 44.6 Å². The molecule has 3 amide bonds. The first-order valence-electron chi connectivity index (χ1n) is 8.61. The summed E-state index contributed by atoms with van der Waals surface area (Å²) >= 11 is 18.3. The lowest BCUT2D eigenvalue weighted by Crippen LogP contribution is -2.35. The van der Waals surface area contributed by atoms with Gasteiger partial charge >= 0.3 is 12.0 Å². The van der Waals surface area contributed by atoms with Crippen molar-refractivity contribution in [2.24, 2.45) is 0 Å². The van der Waals surface area contributed by atoms with Crippen LogP contribution in [0.1, 0.15) is 20.7 Å². The number of amides is 3. The smallest absolute Gasteiger partial charge is 0.336 e. The Balaban J connectivity index is 1.71. The maximum atomic E-state index is 12.3. The Bertz CT molecular complexity index is 1140. The Morgan fingerprint density at radius 2 is 1.42 bits per heavy atom. The van der Waals surface area contributed by atoms with Crippen LogP contribution in [0.4, 0.5) is 10.5 Å². The molecule has 0 spiro atoms. The van der Waals surface area contributed by atoms with Gasteiger partial charge in [0.1, 0.15) is 5.75 Å². The minimum Gasteiger partial charge on any atom is -0.478 e. The second-order valence-corrected chi connectivity index (χ2v) is 7.33. The zero-order valence-electron chi connectivity index (χ0n) is 15.5. The number of ether oxygens (including phenoxy) is 1. The Kier molecular flexibility index (Phi) is 7.02. The second-order valence-electron chi connectivity index (χ2n) is 6.08. The van der Waals surface area contributed by atoms with Gasteiger partial charge in [0.2, 0.25) is 0 Å². The van der Waals surface area contributed by atoms with Gasteiger partial charge in [-0.1, -0.05) is 46.9 Å². The van der Waals surface area contributed by atoms with E-state index < -0.39 is 17.9 Å². The zero-order chi connectivity index (χ0) is 22.5. The van der Waals surface area contributed by atoms with Gasteiger partial charge in [-0.2, -0.15) is 0 Å². The summed E-state index contributed by atoms with van der Waals surface area (Å²) < 4.78 is 5.65. The molecule has 3 aromatic carbocycles. The summed E-state index contributed by atoms with van der Waals surface area (Å²) in [4.78, 5) is 35.7. The average molecular weight is 480 g/mol. The summed E-state index contributed by atoms with van der Waals surface area (Å²) in [5.41, 5.74) is -0.203. The van der Waals surface area contributed by atoms with Crippen LogP contribution in [0, 0.1) is 0 Å². The average Bonchev–Trinajstić information content (AvgIpc) is 2.72. The molecule has 0 unspecified atom stereocenters. The number of halogens is 3. The number of carboxylic acids is 1. The summed E-state index contributed by atoms with van der Waals surface area (Å²) in [6.07, 6.45) is 0. The van der Waals surface area contributed by atoms with E-state index in [0.29, 0.717) is 10.8 Å². The van der Waals surface area contributed by atoms with E-state index >= 15 is 0 Å². The number of imide groups is 1. The van der Waals surface area contributed by atoms with E-state index in [1.807, 2.05) is 0 Å². The quantitative estimate of drug-likeness (QED) is 0.410. The number of hydrogen-bond acceptors (Lipinski definition) is 4. The highest BCUT2D eigenvalue weighted by Gasteiger charge is 2.18. The van der Waals surface area contributed by atoms with E-state index in [1.54, 1.807) is 24.3 Å². The molecule has 0 radical (unpaired) electrons. The minimum atomic E-state index is -1.29. The molecule has 0 aliphatic carbocycles. The fraction of sp³-hybridized carbons (Fsp3) is 0. The molecule has 0 saturated heterocycles. The Labute approximate surface area is 191 Å². The van der Waals surface area contributed by atoms with E-state index in [0.717, 1.165) is 0 Å². The molecule has 0 bridgehead atoms. The van der Waals surface area contributed by atoms with Gasteiger partial charge in [0.05, 0.1) is 21.2 Å². The van der Waals surface area contributed by atoms with Crippen molar-refractivity contribution in [1.29, 1.82) is 0 Å². The molecule has 0 aromatic heterocycles. The van der Waals surface area contributed by atoms with Gasteiger partial charge < -0.3 is 15.2 Å². The Morgan fingerprint density at radius 3 is 2.00 bits per heavy atom. The Morgan fingerprint density at radius 1 is 0.839 bits per heavy atom. The van der Waals surface area contributed by atoms with E-state index in [1.165, 1.54) is 36.4 Å². The molecule has 0 fully saturated rings. The molecule has 0 aliphatic rings. The fourth-order valence-corrected chi connectivity index (χ4v) is 3.24. The third-order valence-corrected chi connectivity index (χ3v) is 4.73. The second kappa shape index (κ2) is 9.70. The van der Waals surface area contributed by atoms with E-state index in [-0.39, 0.29) is 32.6 Å². The lowest BCUT2D eigenvalue weighted by molar-refractivity contribution is 0.0691. The van der Waals surface area contributed by atoms with Crippen LogP contribution in [0.15, 0.2) is 60.7 Å². The van der Waals surface area contributed by atoms with Gasteiger partial charge in [-0.25, -0.2) is 9.59 Å². The molecular weight excluding hydrogens is 467 g/mol. The van der Waals surface area contributed by atoms with Gasteiger partial charge in [0.15, 0.2) is 5.75 Å². The number of carbonyl (C=O) groups excluding carboxylic acids is 2. The molecule has 3 rings (SSSR count). The minimum absolute atomic E-state index is 0.111. The zero-order valence-corrected chi connectivity index (χ0v) is 17.8. The van der Waals surface area contributed by atoms with Crippen LogP contribution in [0.3, 0.4) is 0 Å². The third-order valence-electron chi connectivity index (χ3n) is 3.92. The number of nitrogens with one attached hydrogen (secondary N) is 2. The molecule has 0 atom stereocenters. The molecule has 158 valence electrons. The molecule has 3 N–H and O–H groups in total. The van der Waals surface area contributed by atoms with E-state index in [2.05, 4.69) is 10.6 Å². The van der Waals surface area contributed by atoms with Crippen LogP contribution in [-0.4, -0.2) is 23.0 Å². The van der Waals surface area contributed by atoms with Crippen molar-refractivity contribution < 1.29 is 24.2 Å².